The number of hydrogen-bond acceptors (Lipinski definition) is 5. The van der Waals surface area contributed by atoms with E-state index < -0.39 is 53.0 Å². The fraction of sp³-hybridized carbons (Fsp3) is 0.323. The van der Waals surface area contributed by atoms with Crippen LogP contribution in [0.15, 0.2) is 54.7 Å². The minimum absolute atomic E-state index is 0.0654. The average Bonchev–Trinajstić information content (AvgIpc) is 3.52. The molecule has 3 heterocycles. The van der Waals surface area contributed by atoms with Crippen molar-refractivity contribution in [2.24, 2.45) is 0 Å². The molecule has 2 N–H and O–H groups in total. The van der Waals surface area contributed by atoms with E-state index in [1.165, 1.54) is 6.92 Å². The zero-order chi connectivity index (χ0) is 30.0. The number of halogens is 2. The zero-order valence-electron chi connectivity index (χ0n) is 23.3. The van der Waals surface area contributed by atoms with Crippen molar-refractivity contribution in [2.75, 3.05) is 17.2 Å². The van der Waals surface area contributed by atoms with E-state index in [0.29, 0.717) is 36.8 Å². The van der Waals surface area contributed by atoms with Gasteiger partial charge >= 0.3 is 6.03 Å². The van der Waals surface area contributed by atoms with Gasteiger partial charge in [-0.25, -0.2) is 18.6 Å². The van der Waals surface area contributed by atoms with Crippen LogP contribution in [-0.4, -0.2) is 51.1 Å². The molecule has 3 atom stereocenters. The fourth-order valence-corrected chi connectivity index (χ4v) is 6.36. The molecular formula is C31H29F2N5O4. The van der Waals surface area contributed by atoms with E-state index in [-0.39, 0.29) is 11.5 Å². The Balaban J connectivity index is 1.26. The lowest BCUT2D eigenvalue weighted by Gasteiger charge is -2.31. The minimum atomic E-state index is -1.80. The summed E-state index contributed by atoms with van der Waals surface area (Å²) in [6, 6.07) is 10.5. The number of hydrogen-bond donors (Lipinski definition) is 2. The lowest BCUT2D eigenvalue weighted by molar-refractivity contribution is -0.134. The van der Waals surface area contributed by atoms with E-state index >= 15 is 0 Å². The van der Waals surface area contributed by atoms with E-state index in [1.807, 2.05) is 19.1 Å². The normalized spacial score (nSPS) is 23.3. The van der Waals surface area contributed by atoms with Crippen molar-refractivity contribution in [2.45, 2.75) is 57.0 Å². The van der Waals surface area contributed by atoms with Crippen LogP contribution in [0.1, 0.15) is 49.4 Å². The summed E-state index contributed by atoms with van der Waals surface area (Å²) in [6.45, 7) is 4.37. The van der Waals surface area contributed by atoms with Gasteiger partial charge in [-0.3, -0.25) is 24.2 Å². The number of rotatable bonds is 6. The van der Waals surface area contributed by atoms with Gasteiger partial charge < -0.3 is 10.6 Å². The fourth-order valence-electron chi connectivity index (χ4n) is 6.36. The molecule has 11 heteroatoms. The smallest absolute Gasteiger partial charge is 0.325 e. The number of benzene rings is 2. The molecule has 1 aliphatic carbocycles. The van der Waals surface area contributed by atoms with Gasteiger partial charge in [-0.2, -0.15) is 0 Å². The number of nitrogens with one attached hydrogen (secondary N) is 2. The molecule has 3 aromatic rings. The van der Waals surface area contributed by atoms with Crippen molar-refractivity contribution in [3.8, 4) is 0 Å². The van der Waals surface area contributed by atoms with Crippen LogP contribution in [0.25, 0.3) is 0 Å². The molecule has 2 unspecified atom stereocenters. The first-order valence-electron chi connectivity index (χ1n) is 13.8. The molecule has 0 radical (unpaired) electrons. The van der Waals surface area contributed by atoms with E-state index in [9.17, 15) is 28.0 Å². The van der Waals surface area contributed by atoms with Crippen molar-refractivity contribution in [3.05, 3.63) is 88.6 Å². The first-order valence-corrected chi connectivity index (χ1v) is 13.8. The Morgan fingerprint density at radius 1 is 1.07 bits per heavy atom. The van der Waals surface area contributed by atoms with Crippen LogP contribution >= 0.6 is 0 Å². The summed E-state index contributed by atoms with van der Waals surface area (Å²) < 4.78 is 28.4. The second kappa shape index (κ2) is 9.71. The van der Waals surface area contributed by atoms with Gasteiger partial charge in [0.15, 0.2) is 0 Å². The number of carbonyl (C=O) groups excluding carboxylic acids is 4. The number of carbonyl (C=O) groups is 4. The quantitative estimate of drug-likeness (QED) is 0.428. The SMILES string of the molecule is CCC(C)N1C(=O)N(CC(=O)Nc2ccc3c(c2)C[C@@]2(C3)C(=O)Nc3ncccc32)C(C)(c2cc(F)cc(F)c2)C1=O. The van der Waals surface area contributed by atoms with Crippen molar-refractivity contribution < 1.29 is 28.0 Å². The maximum Gasteiger partial charge on any atom is 0.328 e. The summed E-state index contributed by atoms with van der Waals surface area (Å²) in [6.07, 6.45) is 3.02. The van der Waals surface area contributed by atoms with E-state index in [0.717, 1.165) is 38.6 Å². The predicted molar refractivity (Wildman–Crippen MR) is 149 cm³/mol. The molecule has 42 heavy (non-hydrogen) atoms. The van der Waals surface area contributed by atoms with Gasteiger partial charge in [-0.05, 0) is 80.1 Å². The van der Waals surface area contributed by atoms with Crippen molar-refractivity contribution in [1.82, 2.24) is 14.8 Å². The Morgan fingerprint density at radius 3 is 2.50 bits per heavy atom. The number of aromatic nitrogens is 1. The van der Waals surface area contributed by atoms with Gasteiger partial charge in [0.2, 0.25) is 11.8 Å². The molecule has 1 aromatic heterocycles. The molecule has 6 rings (SSSR count). The molecule has 2 aliphatic heterocycles. The van der Waals surface area contributed by atoms with Crippen LogP contribution in [0.4, 0.5) is 25.1 Å². The summed E-state index contributed by atoms with van der Waals surface area (Å²) in [7, 11) is 0. The van der Waals surface area contributed by atoms with Gasteiger partial charge in [-0.1, -0.05) is 19.1 Å². The van der Waals surface area contributed by atoms with Gasteiger partial charge in [0.25, 0.3) is 5.91 Å². The Morgan fingerprint density at radius 2 is 1.79 bits per heavy atom. The first-order chi connectivity index (χ1) is 20.0. The van der Waals surface area contributed by atoms with Crippen LogP contribution in [-0.2, 0) is 38.2 Å². The number of nitrogens with zero attached hydrogens (tertiary/aromatic N) is 3. The topological polar surface area (TPSA) is 112 Å². The van der Waals surface area contributed by atoms with E-state index in [2.05, 4.69) is 15.6 Å². The summed E-state index contributed by atoms with van der Waals surface area (Å²) in [5, 5.41) is 5.66. The molecule has 0 saturated carbocycles. The highest BCUT2D eigenvalue weighted by Gasteiger charge is 2.57. The van der Waals surface area contributed by atoms with Gasteiger partial charge in [0, 0.05) is 29.6 Å². The summed E-state index contributed by atoms with van der Waals surface area (Å²) in [5.41, 5.74) is 0.536. The molecule has 1 fully saturated rings. The Kier molecular flexibility index (Phi) is 6.36. The van der Waals surface area contributed by atoms with Gasteiger partial charge in [0.1, 0.15) is 29.5 Å². The number of fused-ring (bicyclic) bond motifs is 3. The largest absolute Gasteiger partial charge is 0.328 e. The van der Waals surface area contributed by atoms with Crippen LogP contribution in [0.5, 0.6) is 0 Å². The third kappa shape index (κ3) is 4.06. The number of anilines is 2. The maximum atomic E-state index is 14.2. The number of pyridine rings is 1. The first kappa shape index (κ1) is 27.5. The molecule has 3 aliphatic rings. The monoisotopic (exact) mass is 573 g/mol. The van der Waals surface area contributed by atoms with Crippen LogP contribution in [0.3, 0.4) is 0 Å². The Hall–Kier alpha value is -4.67. The van der Waals surface area contributed by atoms with Crippen molar-refractivity contribution in [3.63, 3.8) is 0 Å². The number of amides is 5. The third-order valence-corrected chi connectivity index (χ3v) is 8.83. The van der Waals surface area contributed by atoms with Crippen molar-refractivity contribution in [1.29, 1.82) is 0 Å². The molecule has 216 valence electrons. The van der Waals surface area contributed by atoms with Gasteiger partial charge in [0.05, 0.1) is 5.41 Å². The van der Waals surface area contributed by atoms with Crippen LogP contribution in [0, 0.1) is 11.6 Å². The second-order valence-electron chi connectivity index (χ2n) is 11.4. The predicted octanol–water partition coefficient (Wildman–Crippen LogP) is 4.27. The molecular weight excluding hydrogens is 544 g/mol. The number of urea groups is 1. The highest BCUT2D eigenvalue weighted by Crippen LogP contribution is 2.47. The molecule has 1 spiro atoms. The summed E-state index contributed by atoms with van der Waals surface area (Å²) in [4.78, 5) is 59.9. The zero-order valence-corrected chi connectivity index (χ0v) is 23.3. The van der Waals surface area contributed by atoms with Crippen molar-refractivity contribution >= 4 is 35.3 Å². The Bertz CT molecular complexity index is 1660. The molecule has 9 nitrogen and oxygen atoms in total. The van der Waals surface area contributed by atoms with Gasteiger partial charge in [-0.15, -0.1) is 0 Å². The lowest BCUT2D eigenvalue weighted by Crippen LogP contribution is -2.47. The third-order valence-electron chi connectivity index (χ3n) is 8.83. The highest BCUT2D eigenvalue weighted by molar-refractivity contribution is 6.09. The maximum absolute atomic E-state index is 14.2. The van der Waals surface area contributed by atoms with E-state index in [1.54, 1.807) is 31.3 Å². The standard InChI is InChI=1S/C31H29F2N5O4/c1-4-17(2)38-28(41)30(3,20-11-21(32)13-22(33)12-20)37(29(38)42)16-25(39)35-23-8-7-18-14-31(15-19(18)10-23)24-6-5-9-34-26(24)36-27(31)40/h5-13,17H,4,14-16H2,1-3H3,(H,35,39)(H,34,36,40)/t17?,30?,31-/m1/s1. The summed E-state index contributed by atoms with van der Waals surface area (Å²) >= 11 is 0. The lowest BCUT2D eigenvalue weighted by atomic mass is 9.79. The van der Waals surface area contributed by atoms with Crippen LogP contribution in [0.2, 0.25) is 0 Å². The molecule has 5 amide bonds. The Labute approximate surface area is 240 Å². The highest BCUT2D eigenvalue weighted by atomic mass is 19.1. The minimum Gasteiger partial charge on any atom is -0.325 e. The molecule has 0 bridgehead atoms. The number of imide groups is 1. The second-order valence-corrected chi connectivity index (χ2v) is 11.4. The summed E-state index contributed by atoms with van der Waals surface area (Å²) in [5.74, 6) is -2.61. The molecule has 1 saturated heterocycles. The average molecular weight is 574 g/mol. The molecule has 2 aromatic carbocycles. The van der Waals surface area contributed by atoms with Crippen LogP contribution < -0.4 is 10.6 Å². The van der Waals surface area contributed by atoms with E-state index in [4.69, 9.17) is 0 Å².